The molecule has 0 atom stereocenters. The van der Waals surface area contributed by atoms with Crippen LogP contribution in [0.15, 0.2) is 59.9 Å². The molecular formula is C24H32IN5O2. The second-order valence-corrected chi connectivity index (χ2v) is 7.35. The highest BCUT2D eigenvalue weighted by molar-refractivity contribution is 14.0. The standard InChI is InChI=1S/C24H31N5O2.HI/c1-18-13-21(30-4)22(31-5)14-20(18)17-28(3)24(25-2)27-15-23-26-11-12-29(23)16-19-9-7-6-8-10-19;/h6-14H,15-17H2,1-5H3,(H,25,27);1H. The summed E-state index contributed by atoms with van der Waals surface area (Å²) in [5, 5.41) is 3.43. The Kier molecular flexibility index (Phi) is 9.83. The SMILES string of the molecule is CN=C(NCc1nccn1Cc1ccccc1)N(C)Cc1cc(OC)c(OC)cc1C.I. The molecule has 0 fully saturated rings. The Morgan fingerprint density at radius 3 is 2.47 bits per heavy atom. The van der Waals surface area contributed by atoms with E-state index in [0.29, 0.717) is 13.1 Å². The number of nitrogens with zero attached hydrogens (tertiary/aromatic N) is 4. The van der Waals surface area contributed by atoms with E-state index >= 15 is 0 Å². The fourth-order valence-electron chi connectivity index (χ4n) is 3.50. The number of hydrogen-bond donors (Lipinski definition) is 1. The van der Waals surface area contributed by atoms with Gasteiger partial charge in [-0.1, -0.05) is 30.3 Å². The maximum absolute atomic E-state index is 5.46. The predicted molar refractivity (Wildman–Crippen MR) is 139 cm³/mol. The molecule has 32 heavy (non-hydrogen) atoms. The smallest absolute Gasteiger partial charge is 0.194 e. The summed E-state index contributed by atoms with van der Waals surface area (Å²) in [5.74, 6) is 3.21. The van der Waals surface area contributed by atoms with Gasteiger partial charge in [-0.25, -0.2) is 4.98 Å². The minimum Gasteiger partial charge on any atom is -0.493 e. The Morgan fingerprint density at radius 2 is 1.81 bits per heavy atom. The highest BCUT2D eigenvalue weighted by atomic mass is 127. The molecule has 3 aromatic rings. The van der Waals surface area contributed by atoms with Crippen LogP contribution >= 0.6 is 24.0 Å². The molecule has 172 valence electrons. The summed E-state index contributed by atoms with van der Waals surface area (Å²) in [6.45, 7) is 4.13. The van der Waals surface area contributed by atoms with E-state index in [2.05, 4.69) is 55.9 Å². The van der Waals surface area contributed by atoms with Gasteiger partial charge in [-0.2, -0.15) is 0 Å². The number of ether oxygens (including phenoxy) is 2. The molecule has 0 spiro atoms. The van der Waals surface area contributed by atoms with Gasteiger partial charge in [-0.3, -0.25) is 4.99 Å². The van der Waals surface area contributed by atoms with Gasteiger partial charge in [0.15, 0.2) is 17.5 Å². The number of imidazole rings is 1. The van der Waals surface area contributed by atoms with E-state index in [1.807, 2.05) is 37.6 Å². The van der Waals surface area contributed by atoms with Crippen LogP contribution in [0.2, 0.25) is 0 Å². The van der Waals surface area contributed by atoms with Crippen molar-refractivity contribution in [2.24, 2.45) is 4.99 Å². The Morgan fingerprint density at radius 1 is 1.12 bits per heavy atom. The van der Waals surface area contributed by atoms with Gasteiger partial charge in [0.05, 0.1) is 20.8 Å². The third-order valence-electron chi connectivity index (χ3n) is 5.23. The minimum atomic E-state index is 0. The third-order valence-corrected chi connectivity index (χ3v) is 5.23. The molecule has 0 amide bonds. The van der Waals surface area contributed by atoms with Gasteiger partial charge >= 0.3 is 0 Å². The van der Waals surface area contributed by atoms with E-state index in [1.54, 1.807) is 21.3 Å². The number of halogens is 1. The number of rotatable bonds is 8. The van der Waals surface area contributed by atoms with Crippen molar-refractivity contribution in [3.63, 3.8) is 0 Å². The maximum atomic E-state index is 5.46. The van der Waals surface area contributed by atoms with Gasteiger partial charge in [0.1, 0.15) is 5.82 Å². The molecule has 0 saturated heterocycles. The summed E-state index contributed by atoms with van der Waals surface area (Å²) in [6, 6.07) is 14.4. The first kappa shape index (κ1) is 25.5. The average molecular weight is 549 g/mol. The zero-order valence-electron chi connectivity index (χ0n) is 19.3. The number of aromatic nitrogens is 2. The summed E-state index contributed by atoms with van der Waals surface area (Å²) in [6.07, 6.45) is 3.84. The number of aliphatic imine (C=N–C) groups is 1. The van der Waals surface area contributed by atoms with Crippen LogP contribution in [-0.4, -0.2) is 48.7 Å². The summed E-state index contributed by atoms with van der Waals surface area (Å²) >= 11 is 0. The second-order valence-electron chi connectivity index (χ2n) is 7.35. The molecule has 2 aromatic carbocycles. The van der Waals surface area contributed by atoms with Crippen molar-refractivity contribution in [3.8, 4) is 11.5 Å². The Hall–Kier alpha value is -2.75. The topological polar surface area (TPSA) is 63.9 Å². The van der Waals surface area contributed by atoms with E-state index < -0.39 is 0 Å². The molecule has 0 bridgehead atoms. The number of methoxy groups -OCH3 is 2. The van der Waals surface area contributed by atoms with E-state index in [9.17, 15) is 0 Å². The van der Waals surface area contributed by atoms with Crippen LogP contribution in [0.1, 0.15) is 22.5 Å². The summed E-state index contributed by atoms with van der Waals surface area (Å²) in [5.41, 5.74) is 3.53. The van der Waals surface area contributed by atoms with Crippen LogP contribution in [-0.2, 0) is 19.6 Å². The lowest BCUT2D eigenvalue weighted by atomic mass is 10.1. The first-order valence-corrected chi connectivity index (χ1v) is 10.2. The van der Waals surface area contributed by atoms with Crippen molar-refractivity contribution in [1.29, 1.82) is 0 Å². The molecule has 1 heterocycles. The third kappa shape index (κ3) is 6.38. The molecule has 1 aromatic heterocycles. The van der Waals surface area contributed by atoms with Crippen molar-refractivity contribution in [3.05, 3.63) is 77.4 Å². The van der Waals surface area contributed by atoms with Crippen molar-refractivity contribution in [2.45, 2.75) is 26.6 Å². The number of benzene rings is 2. The van der Waals surface area contributed by atoms with Crippen molar-refractivity contribution >= 4 is 29.9 Å². The van der Waals surface area contributed by atoms with Crippen LogP contribution < -0.4 is 14.8 Å². The summed E-state index contributed by atoms with van der Waals surface area (Å²) < 4.78 is 13.0. The molecule has 1 N–H and O–H groups in total. The summed E-state index contributed by atoms with van der Waals surface area (Å²) in [4.78, 5) is 11.0. The maximum Gasteiger partial charge on any atom is 0.194 e. The van der Waals surface area contributed by atoms with Crippen LogP contribution in [0.4, 0.5) is 0 Å². The zero-order valence-corrected chi connectivity index (χ0v) is 21.7. The van der Waals surface area contributed by atoms with Gasteiger partial charge in [-0.05, 0) is 35.7 Å². The predicted octanol–water partition coefficient (Wildman–Crippen LogP) is 4.08. The van der Waals surface area contributed by atoms with Gasteiger partial charge in [-0.15, -0.1) is 24.0 Å². The van der Waals surface area contributed by atoms with Crippen LogP contribution in [0, 0.1) is 6.92 Å². The fourth-order valence-corrected chi connectivity index (χ4v) is 3.50. The summed E-state index contributed by atoms with van der Waals surface area (Å²) in [7, 11) is 7.11. The van der Waals surface area contributed by atoms with E-state index in [1.165, 1.54) is 5.56 Å². The number of guanidine groups is 1. The molecule has 0 unspecified atom stereocenters. The van der Waals surface area contributed by atoms with Crippen LogP contribution in [0.3, 0.4) is 0 Å². The Bertz CT molecular complexity index is 1020. The number of hydrogen-bond acceptors (Lipinski definition) is 4. The highest BCUT2D eigenvalue weighted by Crippen LogP contribution is 2.30. The second kappa shape index (κ2) is 12.3. The van der Waals surface area contributed by atoms with Gasteiger partial charge in [0, 0.05) is 39.6 Å². The Labute approximate surface area is 207 Å². The lowest BCUT2D eigenvalue weighted by Crippen LogP contribution is -2.38. The monoisotopic (exact) mass is 549 g/mol. The lowest BCUT2D eigenvalue weighted by molar-refractivity contribution is 0.353. The highest BCUT2D eigenvalue weighted by Gasteiger charge is 2.13. The molecule has 0 aliphatic carbocycles. The average Bonchev–Trinajstić information content (AvgIpc) is 3.22. The molecular weight excluding hydrogens is 517 g/mol. The van der Waals surface area contributed by atoms with Crippen LogP contribution in [0.25, 0.3) is 0 Å². The molecule has 0 radical (unpaired) electrons. The molecule has 8 heteroatoms. The molecule has 0 saturated carbocycles. The lowest BCUT2D eigenvalue weighted by Gasteiger charge is -2.23. The fraction of sp³-hybridized carbons (Fsp3) is 0.333. The van der Waals surface area contributed by atoms with Gasteiger partial charge in [0.2, 0.25) is 0 Å². The van der Waals surface area contributed by atoms with E-state index in [0.717, 1.165) is 41.0 Å². The normalized spacial score (nSPS) is 11.0. The van der Waals surface area contributed by atoms with Crippen molar-refractivity contribution < 1.29 is 9.47 Å². The quantitative estimate of drug-likeness (QED) is 0.261. The van der Waals surface area contributed by atoms with Gasteiger partial charge in [0.25, 0.3) is 0 Å². The van der Waals surface area contributed by atoms with E-state index in [4.69, 9.17) is 9.47 Å². The molecule has 0 aliphatic rings. The Balaban J connectivity index is 0.00000363. The van der Waals surface area contributed by atoms with E-state index in [-0.39, 0.29) is 24.0 Å². The largest absolute Gasteiger partial charge is 0.493 e. The molecule has 0 aliphatic heterocycles. The zero-order chi connectivity index (χ0) is 22.2. The molecule has 7 nitrogen and oxygen atoms in total. The first-order chi connectivity index (χ1) is 15.0. The van der Waals surface area contributed by atoms with Gasteiger partial charge < -0.3 is 24.3 Å². The van der Waals surface area contributed by atoms with Crippen LogP contribution in [0.5, 0.6) is 11.5 Å². The number of aryl methyl sites for hydroxylation is 1. The molecule has 3 rings (SSSR count). The first-order valence-electron chi connectivity index (χ1n) is 10.2. The number of nitrogens with one attached hydrogen (secondary N) is 1. The van der Waals surface area contributed by atoms with Crippen molar-refractivity contribution in [1.82, 2.24) is 19.8 Å². The minimum absolute atomic E-state index is 0. The van der Waals surface area contributed by atoms with Crippen molar-refractivity contribution in [2.75, 3.05) is 28.3 Å².